The van der Waals surface area contributed by atoms with E-state index < -0.39 is 51.0 Å². The number of nitrogen functional groups attached to an aromatic ring is 1. The van der Waals surface area contributed by atoms with Crippen molar-refractivity contribution in [1.29, 1.82) is 0 Å². The van der Waals surface area contributed by atoms with Crippen LogP contribution in [0.3, 0.4) is 0 Å². The Kier molecular flexibility index (Phi) is 4.11. The van der Waals surface area contributed by atoms with E-state index in [1.54, 1.807) is 0 Å². The maximum atomic E-state index is 12.7. The van der Waals surface area contributed by atoms with Gasteiger partial charge in [-0.1, -0.05) is 0 Å². The van der Waals surface area contributed by atoms with E-state index in [1.165, 1.54) is 0 Å². The van der Waals surface area contributed by atoms with Crippen LogP contribution >= 0.6 is 0 Å². The third-order valence-electron chi connectivity index (χ3n) is 3.14. The molecule has 1 aliphatic heterocycles. The highest BCUT2D eigenvalue weighted by Crippen LogP contribution is 2.29. The molecule has 1 unspecified atom stereocenters. The monoisotopic (exact) mass is 355 g/mol. The summed E-state index contributed by atoms with van der Waals surface area (Å²) in [7, 11) is -3.87. The molecule has 1 amide bonds. The van der Waals surface area contributed by atoms with Crippen molar-refractivity contribution in [2.24, 2.45) is 11.1 Å². The van der Waals surface area contributed by atoms with Crippen LogP contribution in [-0.4, -0.2) is 36.3 Å². The molecule has 1 fully saturated rings. The molecule has 2 heterocycles. The van der Waals surface area contributed by atoms with Crippen molar-refractivity contribution in [2.75, 3.05) is 23.0 Å². The average Bonchev–Trinajstić information content (AvgIpc) is 2.69. The van der Waals surface area contributed by atoms with E-state index >= 15 is 0 Å². The van der Waals surface area contributed by atoms with Gasteiger partial charge in [0.05, 0.1) is 5.75 Å². The number of anilines is 1. The van der Waals surface area contributed by atoms with Crippen molar-refractivity contribution >= 4 is 21.9 Å². The van der Waals surface area contributed by atoms with E-state index in [2.05, 4.69) is 4.98 Å². The van der Waals surface area contributed by atoms with E-state index in [9.17, 15) is 31.2 Å². The molecule has 0 bridgehead atoms. The highest BCUT2D eigenvalue weighted by molar-refractivity contribution is 7.89. The van der Waals surface area contributed by atoms with Crippen LogP contribution < -0.4 is 21.4 Å². The smallest absolute Gasteiger partial charge is 0.333 e. The second-order valence-electron chi connectivity index (χ2n) is 5.05. The first-order chi connectivity index (χ1) is 10.4. The van der Waals surface area contributed by atoms with E-state index in [1.807, 2.05) is 0 Å². The van der Waals surface area contributed by atoms with Crippen LogP contribution in [0.4, 0.5) is 19.1 Å². The molecule has 4 N–H and O–H groups in total. The molecule has 9 nitrogen and oxygen atoms in total. The van der Waals surface area contributed by atoms with Gasteiger partial charge in [0.2, 0.25) is 21.9 Å². The number of hydrogen-bond donors (Lipinski definition) is 2. The summed E-state index contributed by atoms with van der Waals surface area (Å²) >= 11 is 0. The van der Waals surface area contributed by atoms with Gasteiger partial charge in [-0.2, -0.15) is 17.8 Å². The third kappa shape index (κ3) is 3.79. The third-order valence-corrected chi connectivity index (χ3v) is 4.07. The van der Waals surface area contributed by atoms with Crippen LogP contribution in [0.5, 0.6) is 0 Å². The van der Waals surface area contributed by atoms with Gasteiger partial charge >= 0.3 is 6.18 Å². The van der Waals surface area contributed by atoms with E-state index in [4.69, 9.17) is 11.0 Å². The Balaban J connectivity index is 2.40. The molecule has 13 heteroatoms. The van der Waals surface area contributed by atoms with Crippen molar-refractivity contribution < 1.29 is 26.4 Å². The number of primary sulfonamides is 1. The second kappa shape index (κ2) is 5.49. The number of carbonyl (C=O) groups excluding carboxylic acids is 1. The van der Waals surface area contributed by atoms with Crippen LogP contribution in [0.1, 0.15) is 12.1 Å². The highest BCUT2D eigenvalue weighted by atomic mass is 32.2. The predicted molar refractivity (Wildman–Crippen MR) is 72.1 cm³/mol. The molecule has 1 aromatic rings. The first-order valence-electron chi connectivity index (χ1n) is 6.15. The van der Waals surface area contributed by atoms with E-state index in [0.29, 0.717) is 4.68 Å². The zero-order valence-electron chi connectivity index (χ0n) is 11.4. The Morgan fingerprint density at radius 2 is 1.96 bits per heavy atom. The first-order valence-corrected chi connectivity index (χ1v) is 7.87. The lowest BCUT2D eigenvalue weighted by Gasteiger charge is -2.19. The molecule has 1 saturated heterocycles. The quantitative estimate of drug-likeness (QED) is 0.640. The van der Waals surface area contributed by atoms with Gasteiger partial charge in [0.15, 0.2) is 5.69 Å². The fraction of sp³-hybridized carbons (Fsp3) is 0.500. The highest BCUT2D eigenvalue weighted by Gasteiger charge is 2.38. The maximum Gasteiger partial charge on any atom is 0.433 e. The summed E-state index contributed by atoms with van der Waals surface area (Å²) in [5, 5.41) is 4.88. The summed E-state index contributed by atoms with van der Waals surface area (Å²) in [6, 6.07) is 0.200. The van der Waals surface area contributed by atoms with Gasteiger partial charge < -0.3 is 5.84 Å². The van der Waals surface area contributed by atoms with Crippen molar-refractivity contribution in [3.05, 3.63) is 22.1 Å². The number of hydrogen-bond acceptors (Lipinski definition) is 6. The molecule has 0 saturated carbocycles. The summed E-state index contributed by atoms with van der Waals surface area (Å²) in [6.45, 7) is -0.264. The molecule has 1 atom stereocenters. The van der Waals surface area contributed by atoms with Gasteiger partial charge in [-0.15, -0.1) is 0 Å². The normalized spacial score (nSPS) is 19.4. The van der Waals surface area contributed by atoms with Crippen molar-refractivity contribution in [1.82, 2.24) is 9.66 Å². The van der Waals surface area contributed by atoms with E-state index in [-0.39, 0.29) is 19.0 Å². The Labute approximate surface area is 127 Å². The SMILES string of the molecule is Nn1c(N2CC(CS(N)(=O)=O)CC2=O)nc(C(F)(F)F)cc1=O. The van der Waals surface area contributed by atoms with Crippen LogP contribution in [0.25, 0.3) is 0 Å². The summed E-state index contributed by atoms with van der Waals surface area (Å²) in [4.78, 5) is 27.4. The number of nitrogens with two attached hydrogens (primary N) is 2. The van der Waals surface area contributed by atoms with Gasteiger partial charge in [0, 0.05) is 24.9 Å². The lowest BCUT2D eigenvalue weighted by atomic mass is 10.1. The number of rotatable bonds is 3. The number of amides is 1. The van der Waals surface area contributed by atoms with Crippen molar-refractivity contribution in [2.45, 2.75) is 12.6 Å². The van der Waals surface area contributed by atoms with Gasteiger partial charge in [-0.05, 0) is 0 Å². The number of aromatic nitrogens is 2. The minimum Gasteiger partial charge on any atom is -0.333 e. The largest absolute Gasteiger partial charge is 0.433 e. The lowest BCUT2D eigenvalue weighted by Crippen LogP contribution is -2.39. The predicted octanol–water partition coefficient (Wildman–Crippen LogP) is -1.38. The van der Waals surface area contributed by atoms with Crippen LogP contribution in [0, 0.1) is 5.92 Å². The number of halogens is 3. The standard InChI is InChI=1S/C10H12F3N5O4S/c11-10(12,13)6-2-8(20)18(14)9(16-6)17-3-5(1-7(17)19)4-23(15,21)22/h2,5H,1,3-4,14H2,(H2,15,21,22). The van der Waals surface area contributed by atoms with Crippen LogP contribution in [0.2, 0.25) is 0 Å². The Morgan fingerprint density at radius 3 is 2.48 bits per heavy atom. The van der Waals surface area contributed by atoms with Crippen molar-refractivity contribution in [3.63, 3.8) is 0 Å². The Hall–Kier alpha value is -2.15. The molecule has 23 heavy (non-hydrogen) atoms. The van der Waals surface area contributed by atoms with Gasteiger partial charge in [0.1, 0.15) is 0 Å². The lowest BCUT2D eigenvalue weighted by molar-refractivity contribution is -0.141. The van der Waals surface area contributed by atoms with Gasteiger partial charge in [0.25, 0.3) is 5.56 Å². The number of carbonyl (C=O) groups is 1. The zero-order chi connectivity index (χ0) is 17.6. The molecule has 0 aliphatic carbocycles. The van der Waals surface area contributed by atoms with Crippen LogP contribution in [-0.2, 0) is 21.0 Å². The molecule has 0 radical (unpaired) electrons. The summed E-state index contributed by atoms with van der Waals surface area (Å²) < 4.78 is 60.5. The molecule has 0 spiro atoms. The Bertz CT molecular complexity index is 804. The number of sulfonamides is 1. The molecular weight excluding hydrogens is 343 g/mol. The topological polar surface area (TPSA) is 141 Å². The van der Waals surface area contributed by atoms with Gasteiger partial charge in [-0.3, -0.25) is 14.5 Å². The fourth-order valence-electron chi connectivity index (χ4n) is 2.23. The second-order valence-corrected chi connectivity index (χ2v) is 6.71. The zero-order valence-corrected chi connectivity index (χ0v) is 12.3. The first kappa shape index (κ1) is 17.2. The van der Waals surface area contributed by atoms with E-state index in [0.717, 1.165) is 4.90 Å². The molecule has 1 aliphatic rings. The molecule has 1 aromatic heterocycles. The van der Waals surface area contributed by atoms with Crippen LogP contribution in [0.15, 0.2) is 10.9 Å². The minimum absolute atomic E-state index is 0.200. The summed E-state index contributed by atoms with van der Waals surface area (Å²) in [6.07, 6.45) is -5.16. The number of alkyl halides is 3. The van der Waals surface area contributed by atoms with Crippen molar-refractivity contribution in [3.8, 4) is 0 Å². The summed E-state index contributed by atoms with van der Waals surface area (Å²) in [5.41, 5.74) is -2.70. The molecule has 0 aromatic carbocycles. The summed E-state index contributed by atoms with van der Waals surface area (Å²) in [5.74, 6) is 2.68. The average molecular weight is 355 g/mol. The molecule has 128 valence electrons. The van der Waals surface area contributed by atoms with Gasteiger partial charge in [-0.25, -0.2) is 18.5 Å². The Morgan fingerprint density at radius 1 is 1.35 bits per heavy atom. The number of nitrogens with zero attached hydrogens (tertiary/aromatic N) is 3. The fourth-order valence-corrected chi connectivity index (χ4v) is 3.11. The minimum atomic E-state index is -4.90. The molecular formula is C10H12F3N5O4S. The maximum absolute atomic E-state index is 12.7. The molecule has 2 rings (SSSR count).